The first-order valence-corrected chi connectivity index (χ1v) is 10.1. The summed E-state index contributed by atoms with van der Waals surface area (Å²) in [5.74, 6) is -0.139. The smallest absolute Gasteiger partial charge is 0.240 e. The summed E-state index contributed by atoms with van der Waals surface area (Å²) in [5.41, 5.74) is 9.02. The fourth-order valence-corrected chi connectivity index (χ4v) is 3.94. The summed E-state index contributed by atoms with van der Waals surface area (Å²) in [5, 5.41) is 0.302. The standard InChI is InChI=1S/C18H19ClN2O3S/c1-25(23,24)15-7-6-12(16(19)9-15)8-17(20)18(22)21-10-13-4-2-3-5-14(13)11-21/h2-7,9,17H,8,10-11,20H2,1H3. The maximum Gasteiger partial charge on any atom is 0.240 e. The van der Waals surface area contributed by atoms with Crippen molar-refractivity contribution in [3.8, 4) is 0 Å². The second kappa shape index (κ2) is 6.78. The SMILES string of the molecule is CS(=O)(=O)c1ccc(CC(N)C(=O)N2Cc3ccccc3C2)c(Cl)c1. The number of rotatable bonds is 4. The lowest BCUT2D eigenvalue weighted by molar-refractivity contribution is -0.133. The van der Waals surface area contributed by atoms with Crippen molar-refractivity contribution in [2.75, 3.05) is 6.26 Å². The lowest BCUT2D eigenvalue weighted by Gasteiger charge is -2.20. The molecule has 1 heterocycles. The molecule has 0 radical (unpaired) electrons. The zero-order valence-electron chi connectivity index (χ0n) is 13.8. The van der Waals surface area contributed by atoms with Crippen LogP contribution in [0.4, 0.5) is 0 Å². The van der Waals surface area contributed by atoms with Crippen molar-refractivity contribution in [3.63, 3.8) is 0 Å². The highest BCUT2D eigenvalue weighted by atomic mass is 35.5. The number of nitrogens with two attached hydrogens (primary N) is 1. The van der Waals surface area contributed by atoms with Crippen molar-refractivity contribution in [2.24, 2.45) is 5.73 Å². The van der Waals surface area contributed by atoms with Gasteiger partial charge in [0.15, 0.2) is 9.84 Å². The third-order valence-corrected chi connectivity index (χ3v) is 5.82. The number of halogens is 1. The highest BCUT2D eigenvalue weighted by Gasteiger charge is 2.27. The van der Waals surface area contributed by atoms with Gasteiger partial charge in [-0.25, -0.2) is 8.42 Å². The summed E-state index contributed by atoms with van der Waals surface area (Å²) in [4.78, 5) is 14.5. The minimum absolute atomic E-state index is 0.139. The van der Waals surface area contributed by atoms with Crippen LogP contribution in [0.2, 0.25) is 5.02 Å². The first kappa shape index (κ1) is 17.9. The summed E-state index contributed by atoms with van der Waals surface area (Å²) >= 11 is 6.17. The van der Waals surface area contributed by atoms with Crippen LogP contribution in [0.15, 0.2) is 47.4 Å². The summed E-state index contributed by atoms with van der Waals surface area (Å²) < 4.78 is 23.1. The van der Waals surface area contributed by atoms with Crippen LogP contribution in [-0.2, 0) is 34.1 Å². The van der Waals surface area contributed by atoms with Gasteiger partial charge in [0.05, 0.1) is 10.9 Å². The third kappa shape index (κ3) is 3.86. The Hall–Kier alpha value is -1.89. The van der Waals surface area contributed by atoms with E-state index < -0.39 is 15.9 Å². The van der Waals surface area contributed by atoms with Crippen molar-refractivity contribution in [2.45, 2.75) is 30.4 Å². The molecule has 0 bridgehead atoms. The molecule has 7 heteroatoms. The van der Waals surface area contributed by atoms with Crippen LogP contribution in [0.3, 0.4) is 0 Å². The monoisotopic (exact) mass is 378 g/mol. The van der Waals surface area contributed by atoms with Crippen LogP contribution < -0.4 is 5.73 Å². The number of hydrogen-bond donors (Lipinski definition) is 1. The third-order valence-electron chi connectivity index (χ3n) is 4.36. The first-order valence-electron chi connectivity index (χ1n) is 7.85. The molecule has 2 N–H and O–H groups in total. The van der Waals surface area contributed by atoms with Crippen LogP contribution in [-0.4, -0.2) is 31.5 Å². The number of benzene rings is 2. The van der Waals surface area contributed by atoms with Crippen LogP contribution >= 0.6 is 11.6 Å². The Morgan fingerprint density at radius 1 is 1.20 bits per heavy atom. The summed E-state index contributed by atoms with van der Waals surface area (Å²) in [7, 11) is -3.32. The Balaban J connectivity index is 1.71. The second-order valence-corrected chi connectivity index (χ2v) is 8.72. The number of carbonyl (C=O) groups is 1. The van der Waals surface area contributed by atoms with E-state index in [4.69, 9.17) is 17.3 Å². The second-order valence-electron chi connectivity index (χ2n) is 6.30. The van der Waals surface area contributed by atoms with Gasteiger partial charge in [0.25, 0.3) is 0 Å². The molecule has 1 amide bonds. The van der Waals surface area contributed by atoms with E-state index in [1.807, 2.05) is 24.3 Å². The van der Waals surface area contributed by atoms with Gasteiger partial charge in [-0.05, 0) is 35.2 Å². The number of hydrogen-bond acceptors (Lipinski definition) is 4. The molecule has 3 rings (SSSR count). The largest absolute Gasteiger partial charge is 0.333 e. The molecule has 0 aliphatic carbocycles. The molecule has 0 saturated carbocycles. The predicted molar refractivity (Wildman–Crippen MR) is 96.9 cm³/mol. The summed E-state index contributed by atoms with van der Waals surface area (Å²) in [6.45, 7) is 1.12. The summed E-state index contributed by atoms with van der Waals surface area (Å²) in [6.07, 6.45) is 1.38. The number of nitrogens with zero attached hydrogens (tertiary/aromatic N) is 1. The van der Waals surface area contributed by atoms with Gasteiger partial charge in [-0.15, -0.1) is 0 Å². The molecule has 0 aromatic heterocycles. The van der Waals surface area contributed by atoms with Gasteiger partial charge in [0.2, 0.25) is 5.91 Å². The zero-order valence-corrected chi connectivity index (χ0v) is 15.3. The van der Waals surface area contributed by atoms with E-state index in [2.05, 4.69) is 0 Å². The van der Waals surface area contributed by atoms with Crippen molar-refractivity contribution in [1.29, 1.82) is 0 Å². The number of fused-ring (bicyclic) bond motifs is 1. The molecule has 1 aliphatic heterocycles. The molecule has 132 valence electrons. The molecule has 0 spiro atoms. The average molecular weight is 379 g/mol. The molecule has 0 saturated heterocycles. The maximum absolute atomic E-state index is 12.6. The van der Waals surface area contributed by atoms with E-state index >= 15 is 0 Å². The molecular weight excluding hydrogens is 360 g/mol. The van der Waals surface area contributed by atoms with E-state index in [9.17, 15) is 13.2 Å². The lowest BCUT2D eigenvalue weighted by atomic mass is 10.1. The highest BCUT2D eigenvalue weighted by Crippen LogP contribution is 2.25. The molecule has 5 nitrogen and oxygen atoms in total. The van der Waals surface area contributed by atoms with Crippen molar-refractivity contribution < 1.29 is 13.2 Å². The zero-order chi connectivity index (χ0) is 18.2. The van der Waals surface area contributed by atoms with Crippen molar-refractivity contribution in [3.05, 3.63) is 64.2 Å². The van der Waals surface area contributed by atoms with E-state index in [0.29, 0.717) is 23.7 Å². The molecule has 25 heavy (non-hydrogen) atoms. The lowest BCUT2D eigenvalue weighted by Crippen LogP contribution is -2.42. The Morgan fingerprint density at radius 2 is 1.80 bits per heavy atom. The number of sulfone groups is 1. The fourth-order valence-electron chi connectivity index (χ4n) is 2.97. The number of amides is 1. The van der Waals surface area contributed by atoms with Crippen LogP contribution in [0.5, 0.6) is 0 Å². The van der Waals surface area contributed by atoms with Gasteiger partial charge in [-0.1, -0.05) is 41.9 Å². The summed E-state index contributed by atoms with van der Waals surface area (Å²) in [6, 6.07) is 11.7. The fraction of sp³-hybridized carbons (Fsp3) is 0.278. The van der Waals surface area contributed by atoms with Crippen LogP contribution in [0.1, 0.15) is 16.7 Å². The van der Waals surface area contributed by atoms with Crippen molar-refractivity contribution >= 4 is 27.3 Å². The Labute approximate surface area is 152 Å². The maximum atomic E-state index is 12.6. The van der Waals surface area contributed by atoms with E-state index in [0.717, 1.165) is 17.4 Å². The van der Waals surface area contributed by atoms with Gasteiger partial charge in [0.1, 0.15) is 0 Å². The Bertz CT molecular complexity index is 903. The molecule has 0 fully saturated rings. The minimum atomic E-state index is -3.32. The Morgan fingerprint density at radius 3 is 2.32 bits per heavy atom. The van der Waals surface area contributed by atoms with E-state index in [-0.39, 0.29) is 17.2 Å². The highest BCUT2D eigenvalue weighted by molar-refractivity contribution is 7.90. The van der Waals surface area contributed by atoms with E-state index in [1.54, 1.807) is 11.0 Å². The molecule has 1 unspecified atom stereocenters. The van der Waals surface area contributed by atoms with Gasteiger partial charge in [0, 0.05) is 24.4 Å². The molecule has 1 atom stereocenters. The average Bonchev–Trinajstić information content (AvgIpc) is 2.99. The van der Waals surface area contributed by atoms with Gasteiger partial charge in [-0.2, -0.15) is 0 Å². The topological polar surface area (TPSA) is 80.5 Å². The van der Waals surface area contributed by atoms with E-state index in [1.165, 1.54) is 12.1 Å². The van der Waals surface area contributed by atoms with Crippen LogP contribution in [0.25, 0.3) is 0 Å². The first-order chi connectivity index (χ1) is 11.8. The molecule has 2 aromatic carbocycles. The molecular formula is C18H19ClN2O3S. The minimum Gasteiger partial charge on any atom is -0.333 e. The Kier molecular flexibility index (Phi) is 4.86. The molecule has 2 aromatic rings. The number of carbonyl (C=O) groups excluding carboxylic acids is 1. The quantitative estimate of drug-likeness (QED) is 0.884. The predicted octanol–water partition coefficient (Wildman–Crippen LogP) is 2.16. The van der Waals surface area contributed by atoms with Gasteiger partial charge < -0.3 is 10.6 Å². The normalized spacial score (nSPS) is 15.1. The van der Waals surface area contributed by atoms with Gasteiger partial charge >= 0.3 is 0 Å². The molecule has 1 aliphatic rings. The van der Waals surface area contributed by atoms with Crippen molar-refractivity contribution in [1.82, 2.24) is 4.90 Å². The van der Waals surface area contributed by atoms with Gasteiger partial charge in [-0.3, -0.25) is 4.79 Å². The van der Waals surface area contributed by atoms with Crippen LogP contribution in [0, 0.1) is 0 Å².